The van der Waals surface area contributed by atoms with E-state index in [0.29, 0.717) is 12.0 Å². The van der Waals surface area contributed by atoms with Crippen LogP contribution in [-0.2, 0) is 16.4 Å². The monoisotopic (exact) mass is 326 g/mol. The standard InChI is InChI=1S/C12H17F3N2O3S/c1-2-9-3-4-10(7-11(9)16)21(19,20)17(5-6-18)8-12(13,14)15/h3-4,7,18H,2,5-6,8,16H2,1H3. The number of nitrogen functional groups attached to an aromatic ring is 1. The maximum atomic E-state index is 12.5. The molecule has 0 saturated carbocycles. The molecule has 0 radical (unpaired) electrons. The molecule has 0 aliphatic carbocycles. The molecule has 0 aromatic heterocycles. The molecule has 1 rings (SSSR count). The Balaban J connectivity index is 3.19. The number of nitrogens with zero attached hydrogens (tertiary/aromatic N) is 1. The van der Waals surface area contributed by atoms with E-state index < -0.39 is 35.9 Å². The normalized spacial score (nSPS) is 12.9. The van der Waals surface area contributed by atoms with Gasteiger partial charge in [-0.1, -0.05) is 13.0 Å². The Bertz CT molecular complexity index is 588. The van der Waals surface area contributed by atoms with Crippen molar-refractivity contribution in [2.45, 2.75) is 24.4 Å². The fraction of sp³-hybridized carbons (Fsp3) is 0.500. The molecular weight excluding hydrogens is 309 g/mol. The molecule has 0 spiro atoms. The molecule has 0 bridgehead atoms. The number of halogens is 3. The zero-order valence-corrected chi connectivity index (χ0v) is 12.2. The molecule has 0 unspecified atom stereocenters. The smallest absolute Gasteiger partial charge is 0.398 e. The Kier molecular flexibility index (Phi) is 5.60. The van der Waals surface area contributed by atoms with Crippen molar-refractivity contribution in [2.75, 3.05) is 25.4 Å². The minimum atomic E-state index is -4.70. The van der Waals surface area contributed by atoms with E-state index in [0.717, 1.165) is 6.07 Å². The third kappa shape index (κ3) is 4.58. The summed E-state index contributed by atoms with van der Waals surface area (Å²) in [6, 6.07) is 3.81. The summed E-state index contributed by atoms with van der Waals surface area (Å²) in [5.74, 6) is 0. The van der Waals surface area contributed by atoms with Crippen LogP contribution in [0.5, 0.6) is 0 Å². The molecule has 3 N–H and O–H groups in total. The fourth-order valence-corrected chi connectivity index (χ4v) is 3.25. The van der Waals surface area contributed by atoms with Crippen LogP contribution in [0.15, 0.2) is 23.1 Å². The highest BCUT2D eigenvalue weighted by Crippen LogP contribution is 2.25. The summed E-state index contributed by atoms with van der Waals surface area (Å²) in [4.78, 5) is -0.324. The molecule has 0 saturated heterocycles. The zero-order chi connectivity index (χ0) is 16.3. The lowest BCUT2D eigenvalue weighted by Crippen LogP contribution is -2.40. The fourth-order valence-electron chi connectivity index (χ4n) is 1.80. The number of sulfonamides is 1. The number of aryl methyl sites for hydroxylation is 1. The summed E-state index contributed by atoms with van der Waals surface area (Å²) >= 11 is 0. The number of anilines is 1. The van der Waals surface area contributed by atoms with Crippen molar-refractivity contribution in [1.29, 1.82) is 0 Å². The molecule has 0 heterocycles. The lowest BCUT2D eigenvalue weighted by molar-refractivity contribution is -0.136. The summed E-state index contributed by atoms with van der Waals surface area (Å²) in [5, 5.41) is 8.78. The molecular formula is C12H17F3N2O3S. The van der Waals surface area contributed by atoms with Crippen LogP contribution in [0.3, 0.4) is 0 Å². The quantitative estimate of drug-likeness (QED) is 0.774. The average molecular weight is 326 g/mol. The van der Waals surface area contributed by atoms with Gasteiger partial charge in [0.25, 0.3) is 0 Å². The second kappa shape index (κ2) is 6.63. The average Bonchev–Trinajstić information content (AvgIpc) is 2.36. The lowest BCUT2D eigenvalue weighted by atomic mass is 10.1. The number of hydrogen-bond donors (Lipinski definition) is 2. The Morgan fingerprint density at radius 1 is 1.33 bits per heavy atom. The van der Waals surface area contributed by atoms with Gasteiger partial charge < -0.3 is 10.8 Å². The van der Waals surface area contributed by atoms with Gasteiger partial charge in [-0.3, -0.25) is 0 Å². The maximum absolute atomic E-state index is 12.5. The maximum Gasteiger partial charge on any atom is 0.402 e. The van der Waals surface area contributed by atoms with Gasteiger partial charge in [0.1, 0.15) is 6.54 Å². The van der Waals surface area contributed by atoms with Crippen molar-refractivity contribution in [2.24, 2.45) is 0 Å². The SMILES string of the molecule is CCc1ccc(S(=O)(=O)N(CCO)CC(F)(F)F)cc1N. The number of hydrogen-bond acceptors (Lipinski definition) is 4. The first-order valence-electron chi connectivity index (χ1n) is 6.18. The second-order valence-electron chi connectivity index (χ2n) is 4.39. The highest BCUT2D eigenvalue weighted by atomic mass is 32.2. The van der Waals surface area contributed by atoms with Gasteiger partial charge in [-0.05, 0) is 24.1 Å². The van der Waals surface area contributed by atoms with E-state index in [2.05, 4.69) is 0 Å². The van der Waals surface area contributed by atoms with E-state index in [9.17, 15) is 21.6 Å². The third-order valence-corrected chi connectivity index (χ3v) is 4.68. The van der Waals surface area contributed by atoms with Crippen molar-refractivity contribution in [3.8, 4) is 0 Å². The van der Waals surface area contributed by atoms with Crippen LogP contribution in [0.4, 0.5) is 18.9 Å². The first-order chi connectivity index (χ1) is 9.61. The molecule has 0 amide bonds. The van der Waals surface area contributed by atoms with Crippen molar-refractivity contribution < 1.29 is 26.7 Å². The summed E-state index contributed by atoms with van der Waals surface area (Å²) in [6.07, 6.45) is -4.12. The highest BCUT2D eigenvalue weighted by molar-refractivity contribution is 7.89. The van der Waals surface area contributed by atoms with Crippen molar-refractivity contribution in [3.05, 3.63) is 23.8 Å². The zero-order valence-electron chi connectivity index (χ0n) is 11.4. The van der Waals surface area contributed by atoms with Crippen LogP contribution in [-0.4, -0.2) is 43.7 Å². The van der Waals surface area contributed by atoms with E-state index in [1.807, 2.05) is 6.92 Å². The van der Waals surface area contributed by atoms with Crippen LogP contribution in [0.1, 0.15) is 12.5 Å². The van der Waals surface area contributed by atoms with E-state index in [-0.39, 0.29) is 14.9 Å². The summed E-state index contributed by atoms with van der Waals surface area (Å²) in [7, 11) is -4.37. The van der Waals surface area contributed by atoms with Crippen molar-refractivity contribution in [3.63, 3.8) is 0 Å². The van der Waals surface area contributed by atoms with E-state index in [1.54, 1.807) is 0 Å². The number of aliphatic hydroxyl groups is 1. The predicted molar refractivity (Wildman–Crippen MR) is 72.1 cm³/mol. The van der Waals surface area contributed by atoms with Gasteiger partial charge in [-0.2, -0.15) is 17.5 Å². The number of benzene rings is 1. The Morgan fingerprint density at radius 3 is 2.38 bits per heavy atom. The lowest BCUT2D eigenvalue weighted by Gasteiger charge is -2.23. The van der Waals surface area contributed by atoms with Crippen LogP contribution in [0, 0.1) is 0 Å². The molecule has 0 fully saturated rings. The molecule has 0 aliphatic heterocycles. The molecule has 0 atom stereocenters. The van der Waals surface area contributed by atoms with Crippen molar-refractivity contribution in [1.82, 2.24) is 4.31 Å². The molecule has 120 valence electrons. The number of rotatable bonds is 6. The van der Waals surface area contributed by atoms with Crippen LogP contribution in [0.25, 0.3) is 0 Å². The van der Waals surface area contributed by atoms with Crippen LogP contribution < -0.4 is 5.73 Å². The second-order valence-corrected chi connectivity index (χ2v) is 6.33. The molecule has 0 aliphatic rings. The van der Waals surface area contributed by atoms with Gasteiger partial charge in [-0.15, -0.1) is 0 Å². The Labute approximate surface area is 121 Å². The first-order valence-corrected chi connectivity index (χ1v) is 7.62. The molecule has 1 aromatic carbocycles. The van der Waals surface area contributed by atoms with E-state index >= 15 is 0 Å². The Hall–Kier alpha value is -1.32. The van der Waals surface area contributed by atoms with Gasteiger partial charge in [0, 0.05) is 12.2 Å². The summed E-state index contributed by atoms with van der Waals surface area (Å²) < 4.78 is 62.0. The topological polar surface area (TPSA) is 83.6 Å². The van der Waals surface area contributed by atoms with Crippen molar-refractivity contribution >= 4 is 15.7 Å². The number of alkyl halides is 3. The van der Waals surface area contributed by atoms with Gasteiger partial charge in [0.2, 0.25) is 10.0 Å². The van der Waals surface area contributed by atoms with Crippen LogP contribution >= 0.6 is 0 Å². The van der Waals surface area contributed by atoms with Gasteiger partial charge >= 0.3 is 6.18 Å². The minimum absolute atomic E-state index is 0.188. The van der Waals surface area contributed by atoms with E-state index in [1.165, 1.54) is 12.1 Å². The minimum Gasteiger partial charge on any atom is -0.398 e. The van der Waals surface area contributed by atoms with E-state index in [4.69, 9.17) is 10.8 Å². The third-order valence-electron chi connectivity index (χ3n) is 2.84. The predicted octanol–water partition coefficient (Wildman–Crippen LogP) is 1.38. The molecule has 21 heavy (non-hydrogen) atoms. The number of nitrogens with two attached hydrogens (primary N) is 1. The molecule has 5 nitrogen and oxygen atoms in total. The summed E-state index contributed by atoms with van der Waals surface area (Å²) in [5.41, 5.74) is 6.59. The first kappa shape index (κ1) is 17.7. The Morgan fingerprint density at radius 2 is 1.95 bits per heavy atom. The van der Waals surface area contributed by atoms with Gasteiger partial charge in [0.05, 0.1) is 11.5 Å². The molecule has 1 aromatic rings. The molecule has 9 heteroatoms. The largest absolute Gasteiger partial charge is 0.402 e. The summed E-state index contributed by atoms with van der Waals surface area (Å²) in [6.45, 7) is -1.19. The highest BCUT2D eigenvalue weighted by Gasteiger charge is 2.36. The van der Waals surface area contributed by atoms with Crippen LogP contribution in [0.2, 0.25) is 0 Å². The van der Waals surface area contributed by atoms with Gasteiger partial charge in [0.15, 0.2) is 0 Å². The number of aliphatic hydroxyl groups excluding tert-OH is 1. The van der Waals surface area contributed by atoms with Gasteiger partial charge in [-0.25, -0.2) is 8.42 Å².